The molecule has 2 heterocycles. The van der Waals surface area contributed by atoms with Gasteiger partial charge in [-0.05, 0) is 19.9 Å². The van der Waals surface area contributed by atoms with Crippen LogP contribution in [0.5, 0.6) is 0 Å². The third-order valence-electron chi connectivity index (χ3n) is 2.33. The number of aliphatic imine (C=N–C) groups is 1. The molecule has 2 aromatic rings. The molecule has 1 N–H and O–H groups in total. The summed E-state index contributed by atoms with van der Waals surface area (Å²) in [6, 6.07) is 2.03. The highest BCUT2D eigenvalue weighted by Crippen LogP contribution is 2.17. The fourth-order valence-corrected chi connectivity index (χ4v) is 2.28. The van der Waals surface area contributed by atoms with E-state index in [1.165, 1.54) is 0 Å². The van der Waals surface area contributed by atoms with Gasteiger partial charge in [-0.25, -0.2) is 4.98 Å². The molecule has 0 bridgehead atoms. The molecule has 0 aliphatic rings. The summed E-state index contributed by atoms with van der Waals surface area (Å²) in [6.45, 7) is 5.65. The zero-order chi connectivity index (χ0) is 12.8. The fraction of sp³-hybridized carbons (Fsp3) is 0.500. The third-order valence-corrected chi connectivity index (χ3v) is 3.11. The summed E-state index contributed by atoms with van der Waals surface area (Å²) in [4.78, 5) is 11.7. The minimum absolute atomic E-state index is 0.259. The smallest absolute Gasteiger partial charge is 0.176 e. The Bertz CT molecular complexity index is 472. The van der Waals surface area contributed by atoms with Gasteiger partial charge >= 0.3 is 0 Å². The zero-order valence-corrected chi connectivity index (χ0v) is 11.4. The van der Waals surface area contributed by atoms with Gasteiger partial charge in [0.05, 0.1) is 22.4 Å². The van der Waals surface area contributed by atoms with Crippen molar-refractivity contribution in [1.82, 2.24) is 9.97 Å². The summed E-state index contributed by atoms with van der Waals surface area (Å²) in [7, 11) is 0. The van der Waals surface area contributed by atoms with Gasteiger partial charge in [-0.2, -0.15) is 0 Å². The molecule has 0 saturated heterocycles. The molecule has 0 spiro atoms. The average molecular weight is 267 g/mol. The maximum atomic E-state index is 5.41. The molecule has 2 rings (SSSR count). The molecule has 0 aromatic carbocycles. The van der Waals surface area contributed by atoms with Gasteiger partial charge in [0.15, 0.2) is 6.29 Å². The minimum atomic E-state index is -0.259. The number of nitrogens with zero attached hydrogens (tertiary/aromatic N) is 2. The third kappa shape index (κ3) is 3.38. The second-order valence-electron chi connectivity index (χ2n) is 3.62. The first-order chi connectivity index (χ1) is 8.83. The monoisotopic (exact) mass is 267 g/mol. The Labute approximate surface area is 110 Å². The van der Waals surface area contributed by atoms with Crippen molar-refractivity contribution in [2.24, 2.45) is 4.99 Å². The molecule has 98 valence electrons. The number of thiazole rings is 1. The minimum Gasteiger partial charge on any atom is -0.351 e. The number of nitrogens with one attached hydrogen (secondary N) is 1. The molecule has 0 saturated carbocycles. The number of H-pyrrole nitrogens is 1. The Morgan fingerprint density at radius 2 is 2.22 bits per heavy atom. The molecule has 6 heteroatoms. The summed E-state index contributed by atoms with van der Waals surface area (Å²) in [6.07, 6.45) is 1.53. The molecular weight excluding hydrogens is 250 g/mol. The number of aromatic nitrogens is 2. The molecule has 0 amide bonds. The molecule has 0 fully saturated rings. The number of ether oxygens (including phenoxy) is 2. The molecule has 0 aliphatic heterocycles. The number of aromatic amines is 1. The fourth-order valence-electron chi connectivity index (χ4n) is 1.60. The van der Waals surface area contributed by atoms with E-state index in [1.807, 2.05) is 25.4 Å². The molecule has 0 atom stereocenters. The van der Waals surface area contributed by atoms with Gasteiger partial charge in [0, 0.05) is 19.4 Å². The van der Waals surface area contributed by atoms with Crippen LogP contribution in [0.2, 0.25) is 0 Å². The van der Waals surface area contributed by atoms with Crippen LogP contribution in [0.15, 0.2) is 16.6 Å². The van der Waals surface area contributed by atoms with E-state index < -0.39 is 0 Å². The molecule has 0 unspecified atom stereocenters. The van der Waals surface area contributed by atoms with Crippen molar-refractivity contribution >= 4 is 27.9 Å². The highest BCUT2D eigenvalue weighted by Gasteiger charge is 2.06. The van der Waals surface area contributed by atoms with Gasteiger partial charge in [-0.1, -0.05) is 0 Å². The first-order valence-electron chi connectivity index (χ1n) is 5.98. The Hall–Kier alpha value is -1.24. The van der Waals surface area contributed by atoms with Crippen LogP contribution in [0.1, 0.15) is 19.5 Å². The van der Waals surface area contributed by atoms with Crippen LogP contribution in [-0.4, -0.2) is 42.2 Å². The molecule has 2 aromatic heterocycles. The summed E-state index contributed by atoms with van der Waals surface area (Å²) in [5.41, 5.74) is 3.69. The van der Waals surface area contributed by atoms with Gasteiger partial charge in [0.25, 0.3) is 0 Å². The SMILES string of the molecule is CCOC(C/N=C/c1cc2scnc2[nH]1)OCC. The van der Waals surface area contributed by atoms with Gasteiger partial charge in [0.2, 0.25) is 0 Å². The van der Waals surface area contributed by atoms with E-state index >= 15 is 0 Å². The highest BCUT2D eigenvalue weighted by atomic mass is 32.1. The Morgan fingerprint density at radius 1 is 1.44 bits per heavy atom. The standard InChI is InChI=1S/C12H17N3O2S/c1-3-16-11(17-4-2)7-13-6-9-5-10-12(15-9)14-8-18-10/h5-6,8,11,15H,3-4,7H2,1-2H3/b13-6+. The maximum Gasteiger partial charge on any atom is 0.176 e. The van der Waals surface area contributed by atoms with Crippen molar-refractivity contribution in [3.8, 4) is 0 Å². The van der Waals surface area contributed by atoms with Crippen LogP contribution in [0.4, 0.5) is 0 Å². The van der Waals surface area contributed by atoms with Gasteiger partial charge < -0.3 is 14.5 Å². The second kappa shape index (κ2) is 6.63. The Kier molecular flexibility index (Phi) is 4.86. The van der Waals surface area contributed by atoms with Crippen molar-refractivity contribution in [3.63, 3.8) is 0 Å². The van der Waals surface area contributed by atoms with Crippen molar-refractivity contribution in [2.45, 2.75) is 20.1 Å². The largest absolute Gasteiger partial charge is 0.351 e. The van der Waals surface area contributed by atoms with Gasteiger partial charge in [-0.15, -0.1) is 11.3 Å². The molecule has 5 nitrogen and oxygen atoms in total. The lowest BCUT2D eigenvalue weighted by Crippen LogP contribution is -2.20. The maximum absolute atomic E-state index is 5.41. The highest BCUT2D eigenvalue weighted by molar-refractivity contribution is 7.16. The normalized spacial score (nSPS) is 12.2. The quantitative estimate of drug-likeness (QED) is 0.619. The Morgan fingerprint density at radius 3 is 2.89 bits per heavy atom. The number of rotatable bonds is 7. The molecule has 0 aliphatic carbocycles. The van der Waals surface area contributed by atoms with Crippen LogP contribution in [-0.2, 0) is 9.47 Å². The Balaban J connectivity index is 1.91. The number of hydrogen-bond donors (Lipinski definition) is 1. The van der Waals surface area contributed by atoms with Crippen molar-refractivity contribution in [1.29, 1.82) is 0 Å². The predicted octanol–water partition coefficient (Wildman–Crippen LogP) is 2.44. The van der Waals surface area contributed by atoms with Crippen LogP contribution in [0.3, 0.4) is 0 Å². The summed E-state index contributed by atoms with van der Waals surface area (Å²) in [5.74, 6) is 0. The van der Waals surface area contributed by atoms with Crippen LogP contribution in [0.25, 0.3) is 10.3 Å². The lowest BCUT2D eigenvalue weighted by atomic mass is 10.4. The topological polar surface area (TPSA) is 59.5 Å². The van der Waals surface area contributed by atoms with Crippen LogP contribution in [0, 0.1) is 0 Å². The summed E-state index contributed by atoms with van der Waals surface area (Å²) >= 11 is 1.61. The summed E-state index contributed by atoms with van der Waals surface area (Å²) in [5, 5.41) is 0. The molecular formula is C12H17N3O2S. The first kappa shape index (κ1) is 13.2. The second-order valence-corrected chi connectivity index (χ2v) is 4.51. The van der Waals surface area contributed by atoms with E-state index in [2.05, 4.69) is 15.0 Å². The van der Waals surface area contributed by atoms with E-state index in [9.17, 15) is 0 Å². The first-order valence-corrected chi connectivity index (χ1v) is 6.86. The number of hydrogen-bond acceptors (Lipinski definition) is 5. The van der Waals surface area contributed by atoms with Crippen molar-refractivity contribution in [2.75, 3.05) is 19.8 Å². The van der Waals surface area contributed by atoms with Gasteiger partial charge in [-0.3, -0.25) is 4.99 Å². The van der Waals surface area contributed by atoms with Crippen molar-refractivity contribution < 1.29 is 9.47 Å². The van der Waals surface area contributed by atoms with Crippen molar-refractivity contribution in [3.05, 3.63) is 17.3 Å². The van der Waals surface area contributed by atoms with Gasteiger partial charge in [0.1, 0.15) is 5.65 Å². The predicted molar refractivity (Wildman–Crippen MR) is 73.5 cm³/mol. The van der Waals surface area contributed by atoms with E-state index in [0.29, 0.717) is 19.8 Å². The van der Waals surface area contributed by atoms with E-state index in [-0.39, 0.29) is 6.29 Å². The van der Waals surface area contributed by atoms with E-state index in [0.717, 1.165) is 16.0 Å². The zero-order valence-electron chi connectivity index (χ0n) is 10.5. The molecule has 18 heavy (non-hydrogen) atoms. The number of fused-ring (bicyclic) bond motifs is 1. The van der Waals surface area contributed by atoms with E-state index in [1.54, 1.807) is 17.6 Å². The average Bonchev–Trinajstić information content (AvgIpc) is 2.90. The van der Waals surface area contributed by atoms with E-state index in [4.69, 9.17) is 9.47 Å². The lowest BCUT2D eigenvalue weighted by molar-refractivity contribution is -0.128. The lowest BCUT2D eigenvalue weighted by Gasteiger charge is -2.13. The van der Waals surface area contributed by atoms with Crippen LogP contribution < -0.4 is 0 Å². The summed E-state index contributed by atoms with van der Waals surface area (Å²) < 4.78 is 12.0. The van der Waals surface area contributed by atoms with Crippen LogP contribution >= 0.6 is 11.3 Å². The molecule has 0 radical (unpaired) electrons.